The summed E-state index contributed by atoms with van der Waals surface area (Å²) in [5.74, 6) is -0.450. The van der Waals surface area contributed by atoms with Crippen molar-refractivity contribution in [3.8, 4) is 0 Å². The van der Waals surface area contributed by atoms with E-state index in [0.29, 0.717) is 25.3 Å². The Morgan fingerprint density at radius 3 is 2.79 bits per heavy atom. The summed E-state index contributed by atoms with van der Waals surface area (Å²) >= 11 is 5.81. The van der Waals surface area contributed by atoms with Gasteiger partial charge in [0.2, 0.25) is 0 Å². The quantitative estimate of drug-likeness (QED) is 0.853. The number of nitrogens with one attached hydrogen (secondary N) is 1. The first kappa shape index (κ1) is 18.3. The summed E-state index contributed by atoms with van der Waals surface area (Å²) in [7, 11) is 0. The number of rotatable bonds is 4. The molecule has 1 aromatic heterocycles. The molecule has 24 heavy (non-hydrogen) atoms. The molecule has 0 spiro atoms. The van der Waals surface area contributed by atoms with Gasteiger partial charge in [-0.25, -0.2) is 4.79 Å². The molecule has 0 saturated carbocycles. The maximum Gasteiger partial charge on any atom is 0.410 e. The predicted molar refractivity (Wildman–Crippen MR) is 90.0 cm³/mol. The van der Waals surface area contributed by atoms with Crippen molar-refractivity contribution in [2.45, 2.75) is 32.8 Å². The van der Waals surface area contributed by atoms with Crippen LogP contribution in [-0.2, 0) is 4.74 Å². The smallest absolute Gasteiger partial charge is 0.410 e. The van der Waals surface area contributed by atoms with Crippen LogP contribution in [0.3, 0.4) is 0 Å². The van der Waals surface area contributed by atoms with E-state index in [1.165, 1.54) is 6.07 Å². The van der Waals surface area contributed by atoms with E-state index in [1.807, 2.05) is 20.8 Å². The molecule has 1 atom stereocenters. The van der Waals surface area contributed by atoms with Crippen molar-refractivity contribution in [3.05, 3.63) is 16.9 Å². The fourth-order valence-corrected chi connectivity index (χ4v) is 2.58. The van der Waals surface area contributed by atoms with Gasteiger partial charge in [-0.15, -0.1) is 10.2 Å². The van der Waals surface area contributed by atoms with Gasteiger partial charge in [0.1, 0.15) is 5.60 Å². The normalized spacial score (nSPS) is 17.7. The standard InChI is InChI=1S/C15H22ClN5O3/c1-15(2,3)24-14(23)21-5-4-9(8-21)7-18-10-6-11(16)19-20-12(10)13(17)22/h6,9H,4-5,7-8H2,1-3H3,(H2,17,22)(H,18,19). The van der Waals surface area contributed by atoms with Crippen LogP contribution in [0.15, 0.2) is 6.07 Å². The van der Waals surface area contributed by atoms with Crippen molar-refractivity contribution < 1.29 is 14.3 Å². The van der Waals surface area contributed by atoms with Gasteiger partial charge >= 0.3 is 6.09 Å². The number of primary amides is 1. The molecule has 132 valence electrons. The molecular weight excluding hydrogens is 334 g/mol. The van der Waals surface area contributed by atoms with Crippen molar-refractivity contribution in [2.24, 2.45) is 11.7 Å². The van der Waals surface area contributed by atoms with E-state index in [2.05, 4.69) is 15.5 Å². The predicted octanol–water partition coefficient (Wildman–Crippen LogP) is 1.90. The van der Waals surface area contributed by atoms with Gasteiger partial charge < -0.3 is 20.7 Å². The van der Waals surface area contributed by atoms with E-state index in [-0.39, 0.29) is 22.9 Å². The van der Waals surface area contributed by atoms with Gasteiger partial charge in [0.25, 0.3) is 5.91 Å². The number of nitrogens with zero attached hydrogens (tertiary/aromatic N) is 3. The van der Waals surface area contributed by atoms with Gasteiger partial charge in [0.15, 0.2) is 10.8 Å². The highest BCUT2D eigenvalue weighted by molar-refractivity contribution is 6.29. The number of hydrogen-bond donors (Lipinski definition) is 2. The molecule has 1 aromatic rings. The molecule has 1 aliphatic heterocycles. The summed E-state index contributed by atoms with van der Waals surface area (Å²) in [5.41, 5.74) is 5.25. The van der Waals surface area contributed by atoms with Crippen molar-refractivity contribution >= 4 is 29.3 Å². The summed E-state index contributed by atoms with van der Waals surface area (Å²) < 4.78 is 5.37. The number of hydrogen-bond acceptors (Lipinski definition) is 6. The monoisotopic (exact) mass is 355 g/mol. The lowest BCUT2D eigenvalue weighted by Crippen LogP contribution is -2.35. The third kappa shape index (κ3) is 4.95. The Morgan fingerprint density at radius 2 is 2.17 bits per heavy atom. The first-order valence-electron chi connectivity index (χ1n) is 7.70. The topological polar surface area (TPSA) is 110 Å². The molecule has 2 rings (SSSR count). The molecule has 2 heterocycles. The van der Waals surface area contributed by atoms with Crippen molar-refractivity contribution in [3.63, 3.8) is 0 Å². The number of amides is 2. The molecule has 0 aromatic carbocycles. The number of halogens is 1. The van der Waals surface area contributed by atoms with E-state index in [1.54, 1.807) is 4.90 Å². The zero-order valence-corrected chi connectivity index (χ0v) is 14.8. The molecule has 1 aliphatic rings. The lowest BCUT2D eigenvalue weighted by Gasteiger charge is -2.24. The second kappa shape index (κ2) is 7.21. The highest BCUT2D eigenvalue weighted by Gasteiger charge is 2.29. The molecular formula is C15H22ClN5O3. The summed E-state index contributed by atoms with van der Waals surface area (Å²) in [6.07, 6.45) is 0.529. The number of nitrogens with two attached hydrogens (primary N) is 1. The lowest BCUT2D eigenvalue weighted by molar-refractivity contribution is 0.0289. The Labute approximate surface area is 145 Å². The SMILES string of the molecule is CC(C)(C)OC(=O)N1CCC(CNc2cc(Cl)nnc2C(N)=O)C1. The zero-order valence-electron chi connectivity index (χ0n) is 14.0. The molecule has 3 N–H and O–H groups in total. The molecule has 0 radical (unpaired) electrons. The average molecular weight is 356 g/mol. The fourth-order valence-electron chi connectivity index (χ4n) is 2.43. The van der Waals surface area contributed by atoms with Crippen molar-refractivity contribution in [2.75, 3.05) is 25.0 Å². The highest BCUT2D eigenvalue weighted by Crippen LogP contribution is 2.22. The first-order chi connectivity index (χ1) is 11.2. The minimum Gasteiger partial charge on any atom is -0.444 e. The van der Waals surface area contributed by atoms with Crippen LogP contribution in [-0.4, -0.2) is 52.3 Å². The largest absolute Gasteiger partial charge is 0.444 e. The number of ether oxygens (including phenoxy) is 1. The highest BCUT2D eigenvalue weighted by atomic mass is 35.5. The number of carbonyl (C=O) groups excluding carboxylic acids is 2. The Kier molecular flexibility index (Phi) is 5.48. The molecule has 1 unspecified atom stereocenters. The minimum atomic E-state index is -0.677. The van der Waals surface area contributed by atoms with Crippen LogP contribution in [0, 0.1) is 5.92 Å². The number of aromatic nitrogens is 2. The summed E-state index contributed by atoms with van der Waals surface area (Å²) in [5, 5.41) is 10.6. The van der Waals surface area contributed by atoms with Crippen molar-refractivity contribution in [1.29, 1.82) is 0 Å². The molecule has 1 saturated heterocycles. The van der Waals surface area contributed by atoms with Gasteiger partial charge in [-0.3, -0.25) is 4.79 Å². The Hall–Kier alpha value is -2.09. The van der Waals surface area contributed by atoms with Crippen LogP contribution in [0.1, 0.15) is 37.7 Å². The van der Waals surface area contributed by atoms with Crippen LogP contribution in [0.5, 0.6) is 0 Å². The van der Waals surface area contributed by atoms with Crippen LogP contribution >= 0.6 is 11.6 Å². The van der Waals surface area contributed by atoms with Gasteiger partial charge in [0, 0.05) is 25.7 Å². The zero-order chi connectivity index (χ0) is 17.9. The molecule has 8 nitrogen and oxygen atoms in total. The van der Waals surface area contributed by atoms with Gasteiger partial charge in [0.05, 0.1) is 5.69 Å². The van der Waals surface area contributed by atoms with Crippen LogP contribution in [0.4, 0.5) is 10.5 Å². The second-order valence-corrected chi connectivity index (χ2v) is 7.14. The number of likely N-dealkylation sites (tertiary alicyclic amines) is 1. The third-order valence-electron chi connectivity index (χ3n) is 3.52. The van der Waals surface area contributed by atoms with Crippen LogP contribution in [0.2, 0.25) is 5.15 Å². The van der Waals surface area contributed by atoms with Crippen molar-refractivity contribution in [1.82, 2.24) is 15.1 Å². The molecule has 9 heteroatoms. The molecule has 2 amide bonds. The Bertz CT molecular complexity index is 632. The van der Waals surface area contributed by atoms with Gasteiger partial charge in [-0.1, -0.05) is 11.6 Å². The van der Waals surface area contributed by atoms with Gasteiger partial charge in [-0.05, 0) is 33.1 Å². The third-order valence-corrected chi connectivity index (χ3v) is 3.70. The Balaban J connectivity index is 1.92. The Morgan fingerprint density at radius 1 is 1.46 bits per heavy atom. The summed E-state index contributed by atoms with van der Waals surface area (Å²) in [6.45, 7) is 7.30. The molecule has 0 aliphatic carbocycles. The van der Waals surface area contributed by atoms with E-state index in [9.17, 15) is 9.59 Å². The van der Waals surface area contributed by atoms with Gasteiger partial charge in [-0.2, -0.15) is 0 Å². The minimum absolute atomic E-state index is 0.0430. The first-order valence-corrected chi connectivity index (χ1v) is 8.08. The van der Waals surface area contributed by atoms with E-state index in [0.717, 1.165) is 6.42 Å². The number of anilines is 1. The molecule has 0 bridgehead atoms. The van der Waals surface area contributed by atoms with E-state index in [4.69, 9.17) is 22.1 Å². The lowest BCUT2D eigenvalue weighted by atomic mass is 10.1. The fraction of sp³-hybridized carbons (Fsp3) is 0.600. The average Bonchev–Trinajstić information content (AvgIpc) is 2.92. The number of carbonyl (C=O) groups is 2. The summed E-state index contributed by atoms with van der Waals surface area (Å²) in [6, 6.07) is 1.51. The van der Waals surface area contributed by atoms with Crippen LogP contribution < -0.4 is 11.1 Å². The van der Waals surface area contributed by atoms with E-state index >= 15 is 0 Å². The van der Waals surface area contributed by atoms with E-state index < -0.39 is 11.5 Å². The summed E-state index contributed by atoms with van der Waals surface area (Å²) in [4.78, 5) is 25.1. The maximum absolute atomic E-state index is 12.1. The second-order valence-electron chi connectivity index (χ2n) is 6.76. The maximum atomic E-state index is 12.1. The molecule has 1 fully saturated rings. The van der Waals surface area contributed by atoms with Crippen LogP contribution in [0.25, 0.3) is 0 Å².